The Morgan fingerprint density at radius 2 is 1.64 bits per heavy atom. The molecule has 3 aromatic carbocycles. The Kier molecular flexibility index (Phi) is 7.24. The predicted molar refractivity (Wildman–Crippen MR) is 120 cm³/mol. The van der Waals surface area contributed by atoms with Crippen LogP contribution in [0.15, 0.2) is 65.1 Å². The average molecular weight is 461 g/mol. The fraction of sp³-hybridized carbons (Fsp3) is 0.217. The van der Waals surface area contributed by atoms with E-state index in [1.807, 2.05) is 43.3 Å². The first-order valence-corrected chi connectivity index (χ1v) is 10.3. The Bertz CT molecular complexity index is 928. The largest absolute Gasteiger partial charge is 0.490 e. The number of benzene rings is 3. The lowest BCUT2D eigenvalue weighted by Crippen LogP contribution is -2.03. The van der Waals surface area contributed by atoms with Crippen molar-refractivity contribution >= 4 is 33.2 Å². The second-order valence-electron chi connectivity index (χ2n) is 6.47. The van der Waals surface area contributed by atoms with Gasteiger partial charge in [0.15, 0.2) is 11.5 Å². The number of halogens is 2. The summed E-state index contributed by atoms with van der Waals surface area (Å²) in [6, 6.07) is 20.2. The molecule has 0 atom stereocenters. The lowest BCUT2D eigenvalue weighted by Gasteiger charge is -2.14. The SMILES string of the molecule is CCOc1cc(CNc2ccc(Br)c(Cl)c2)ccc1OCc1ccc(C)cc1. The second kappa shape index (κ2) is 9.85. The highest BCUT2D eigenvalue weighted by Gasteiger charge is 2.08. The summed E-state index contributed by atoms with van der Waals surface area (Å²) in [5, 5.41) is 4.06. The Hall–Kier alpha value is -2.17. The highest BCUT2D eigenvalue weighted by Crippen LogP contribution is 2.30. The minimum absolute atomic E-state index is 0.509. The molecule has 1 N–H and O–H groups in total. The number of rotatable bonds is 8. The molecule has 0 spiro atoms. The van der Waals surface area contributed by atoms with Crippen molar-refractivity contribution < 1.29 is 9.47 Å². The topological polar surface area (TPSA) is 30.5 Å². The maximum absolute atomic E-state index is 6.15. The van der Waals surface area contributed by atoms with E-state index in [2.05, 4.69) is 52.4 Å². The molecule has 0 radical (unpaired) electrons. The molecule has 3 nitrogen and oxygen atoms in total. The van der Waals surface area contributed by atoms with E-state index >= 15 is 0 Å². The van der Waals surface area contributed by atoms with Gasteiger partial charge >= 0.3 is 0 Å². The van der Waals surface area contributed by atoms with Gasteiger partial charge in [-0.25, -0.2) is 0 Å². The summed E-state index contributed by atoms with van der Waals surface area (Å²) in [7, 11) is 0. The zero-order valence-electron chi connectivity index (χ0n) is 16.0. The van der Waals surface area contributed by atoms with Gasteiger partial charge in [-0.2, -0.15) is 0 Å². The number of anilines is 1. The van der Waals surface area contributed by atoms with Gasteiger partial charge in [-0.05, 0) is 71.2 Å². The molecule has 0 aliphatic rings. The van der Waals surface area contributed by atoms with E-state index in [1.54, 1.807) is 0 Å². The van der Waals surface area contributed by atoms with Gasteiger partial charge in [-0.1, -0.05) is 47.5 Å². The summed E-state index contributed by atoms with van der Waals surface area (Å²) >= 11 is 9.56. The summed E-state index contributed by atoms with van der Waals surface area (Å²) in [6.45, 7) is 5.80. The van der Waals surface area contributed by atoms with Crippen molar-refractivity contribution in [2.75, 3.05) is 11.9 Å². The van der Waals surface area contributed by atoms with Crippen LogP contribution in [0, 0.1) is 6.92 Å². The highest BCUT2D eigenvalue weighted by molar-refractivity contribution is 9.10. The molecule has 3 rings (SSSR count). The molecule has 5 heteroatoms. The molecule has 28 heavy (non-hydrogen) atoms. The van der Waals surface area contributed by atoms with Crippen LogP contribution in [0.5, 0.6) is 11.5 Å². The van der Waals surface area contributed by atoms with E-state index in [1.165, 1.54) is 5.56 Å². The van der Waals surface area contributed by atoms with Crippen LogP contribution in [-0.4, -0.2) is 6.61 Å². The zero-order chi connectivity index (χ0) is 19.9. The third kappa shape index (κ3) is 5.66. The van der Waals surface area contributed by atoms with Gasteiger partial charge in [0, 0.05) is 16.7 Å². The van der Waals surface area contributed by atoms with Gasteiger partial charge in [-0.15, -0.1) is 0 Å². The summed E-state index contributed by atoms with van der Waals surface area (Å²) in [5.74, 6) is 1.50. The van der Waals surface area contributed by atoms with Crippen molar-refractivity contribution in [3.63, 3.8) is 0 Å². The fourth-order valence-electron chi connectivity index (χ4n) is 2.71. The van der Waals surface area contributed by atoms with E-state index < -0.39 is 0 Å². The van der Waals surface area contributed by atoms with Gasteiger partial charge in [-0.3, -0.25) is 0 Å². The van der Waals surface area contributed by atoms with Gasteiger partial charge in [0.2, 0.25) is 0 Å². The van der Waals surface area contributed by atoms with E-state index in [0.717, 1.165) is 32.8 Å². The standard InChI is InChI=1S/C23H23BrClNO2/c1-3-27-23-12-18(14-26-19-9-10-20(24)21(25)13-19)8-11-22(23)28-15-17-6-4-16(2)5-7-17/h4-13,26H,3,14-15H2,1-2H3. The van der Waals surface area contributed by atoms with Crippen LogP contribution in [0.3, 0.4) is 0 Å². The molecule has 0 bridgehead atoms. The first-order chi connectivity index (χ1) is 13.5. The molecule has 0 saturated heterocycles. The molecule has 3 aromatic rings. The number of hydrogen-bond acceptors (Lipinski definition) is 3. The molecule has 0 aliphatic heterocycles. The molecule has 0 aromatic heterocycles. The number of hydrogen-bond donors (Lipinski definition) is 1. The van der Waals surface area contributed by atoms with Crippen LogP contribution in [-0.2, 0) is 13.2 Å². The third-order valence-electron chi connectivity index (χ3n) is 4.24. The highest BCUT2D eigenvalue weighted by atomic mass is 79.9. The molecular weight excluding hydrogens is 438 g/mol. The van der Waals surface area contributed by atoms with Crippen LogP contribution in [0.2, 0.25) is 5.02 Å². The lowest BCUT2D eigenvalue weighted by atomic mass is 10.1. The normalized spacial score (nSPS) is 10.6. The number of nitrogens with one attached hydrogen (secondary N) is 1. The first-order valence-electron chi connectivity index (χ1n) is 9.18. The van der Waals surface area contributed by atoms with Gasteiger partial charge in [0.25, 0.3) is 0 Å². The van der Waals surface area contributed by atoms with Crippen LogP contribution >= 0.6 is 27.5 Å². The summed E-state index contributed by atoms with van der Waals surface area (Å²) in [4.78, 5) is 0. The lowest BCUT2D eigenvalue weighted by molar-refractivity contribution is 0.269. The van der Waals surface area contributed by atoms with Gasteiger partial charge < -0.3 is 14.8 Å². The minimum atomic E-state index is 0.509. The second-order valence-corrected chi connectivity index (χ2v) is 7.73. The summed E-state index contributed by atoms with van der Waals surface area (Å²) in [5.41, 5.74) is 4.43. The van der Waals surface area contributed by atoms with E-state index in [-0.39, 0.29) is 0 Å². The quantitative estimate of drug-likeness (QED) is 0.392. The molecule has 0 unspecified atom stereocenters. The Balaban J connectivity index is 1.67. The maximum atomic E-state index is 6.15. The number of ether oxygens (including phenoxy) is 2. The van der Waals surface area contributed by atoms with Crippen molar-refractivity contribution in [3.8, 4) is 11.5 Å². The van der Waals surface area contributed by atoms with E-state index in [0.29, 0.717) is 24.8 Å². The molecule has 0 saturated carbocycles. The summed E-state index contributed by atoms with van der Waals surface area (Å²) < 4.78 is 12.7. The molecule has 146 valence electrons. The molecular formula is C23H23BrClNO2. The third-order valence-corrected chi connectivity index (χ3v) is 5.47. The Morgan fingerprint density at radius 1 is 0.893 bits per heavy atom. The van der Waals surface area contributed by atoms with Crippen molar-refractivity contribution in [3.05, 3.63) is 86.8 Å². The molecule has 0 aliphatic carbocycles. The number of aryl methyl sites for hydroxylation is 1. The Morgan fingerprint density at radius 3 is 2.36 bits per heavy atom. The van der Waals surface area contributed by atoms with Crippen molar-refractivity contribution in [2.24, 2.45) is 0 Å². The van der Waals surface area contributed by atoms with Crippen molar-refractivity contribution in [1.29, 1.82) is 0 Å². The molecule has 0 amide bonds. The maximum Gasteiger partial charge on any atom is 0.161 e. The van der Waals surface area contributed by atoms with E-state index in [9.17, 15) is 0 Å². The van der Waals surface area contributed by atoms with Crippen LogP contribution in [0.1, 0.15) is 23.6 Å². The van der Waals surface area contributed by atoms with Crippen molar-refractivity contribution in [2.45, 2.75) is 27.0 Å². The van der Waals surface area contributed by atoms with E-state index in [4.69, 9.17) is 21.1 Å². The predicted octanol–water partition coefficient (Wildman–Crippen LogP) is 7.00. The van der Waals surface area contributed by atoms with Crippen molar-refractivity contribution in [1.82, 2.24) is 0 Å². The fourth-order valence-corrected chi connectivity index (χ4v) is 3.13. The molecule has 0 fully saturated rings. The average Bonchev–Trinajstić information content (AvgIpc) is 2.69. The minimum Gasteiger partial charge on any atom is -0.490 e. The summed E-state index contributed by atoms with van der Waals surface area (Å²) in [6.07, 6.45) is 0. The van der Waals surface area contributed by atoms with Crippen LogP contribution in [0.25, 0.3) is 0 Å². The molecule has 0 heterocycles. The van der Waals surface area contributed by atoms with Crippen LogP contribution < -0.4 is 14.8 Å². The Labute approximate surface area is 179 Å². The zero-order valence-corrected chi connectivity index (χ0v) is 18.3. The van der Waals surface area contributed by atoms with Gasteiger partial charge in [0.1, 0.15) is 6.61 Å². The first kappa shape index (κ1) is 20.6. The smallest absolute Gasteiger partial charge is 0.161 e. The van der Waals surface area contributed by atoms with Crippen LogP contribution in [0.4, 0.5) is 5.69 Å². The monoisotopic (exact) mass is 459 g/mol. The van der Waals surface area contributed by atoms with Gasteiger partial charge in [0.05, 0.1) is 11.6 Å².